The summed E-state index contributed by atoms with van der Waals surface area (Å²) in [6.07, 6.45) is -0.294. The normalized spacial score (nSPS) is 10.1. The van der Waals surface area contributed by atoms with Crippen LogP contribution in [-0.2, 0) is 9.59 Å². The molecule has 0 heterocycles. The molecule has 0 aliphatic rings. The predicted molar refractivity (Wildman–Crippen MR) is 94.2 cm³/mol. The molecule has 2 N–H and O–H groups in total. The van der Waals surface area contributed by atoms with Gasteiger partial charge in [0.05, 0.1) is 0 Å². The standard InChI is InChI=1S/C19H20N2O3/c1-12-7-13(2)9-17(8-12)21-19(24)11-18(23)20-16-6-4-5-15(10-16)14(3)22/h4-10H,11H2,1-3H3,(H,20,23)(H,21,24). The van der Waals surface area contributed by atoms with Crippen LogP contribution in [0.3, 0.4) is 0 Å². The molecule has 0 saturated carbocycles. The summed E-state index contributed by atoms with van der Waals surface area (Å²) in [7, 11) is 0. The fourth-order valence-electron chi connectivity index (χ4n) is 2.42. The van der Waals surface area contributed by atoms with E-state index in [1.165, 1.54) is 6.92 Å². The van der Waals surface area contributed by atoms with Gasteiger partial charge in [-0.2, -0.15) is 0 Å². The molecule has 0 aliphatic heterocycles. The molecule has 0 unspecified atom stereocenters. The monoisotopic (exact) mass is 324 g/mol. The molecule has 124 valence electrons. The minimum atomic E-state index is -0.433. The minimum absolute atomic E-state index is 0.0846. The van der Waals surface area contributed by atoms with Gasteiger partial charge in [0, 0.05) is 16.9 Å². The summed E-state index contributed by atoms with van der Waals surface area (Å²) in [5, 5.41) is 5.34. The van der Waals surface area contributed by atoms with Gasteiger partial charge in [-0.15, -0.1) is 0 Å². The highest BCUT2D eigenvalue weighted by atomic mass is 16.2. The maximum Gasteiger partial charge on any atom is 0.233 e. The first-order chi connectivity index (χ1) is 11.3. The van der Waals surface area contributed by atoms with Crippen LogP contribution in [0.15, 0.2) is 42.5 Å². The quantitative estimate of drug-likeness (QED) is 0.653. The number of benzene rings is 2. The van der Waals surface area contributed by atoms with Crippen molar-refractivity contribution in [1.82, 2.24) is 0 Å². The van der Waals surface area contributed by atoms with Crippen molar-refractivity contribution in [3.05, 3.63) is 59.2 Å². The van der Waals surface area contributed by atoms with Crippen LogP contribution < -0.4 is 10.6 Å². The lowest BCUT2D eigenvalue weighted by Gasteiger charge is -2.09. The highest BCUT2D eigenvalue weighted by molar-refractivity contribution is 6.08. The second kappa shape index (κ2) is 7.55. The first-order valence-electron chi connectivity index (χ1n) is 7.62. The Labute approximate surface area is 141 Å². The van der Waals surface area contributed by atoms with E-state index in [0.717, 1.165) is 11.1 Å². The number of carbonyl (C=O) groups is 3. The van der Waals surface area contributed by atoms with Gasteiger partial charge in [0.15, 0.2) is 5.78 Å². The molecule has 2 amide bonds. The van der Waals surface area contributed by atoms with Crippen LogP contribution in [0.5, 0.6) is 0 Å². The fourth-order valence-corrected chi connectivity index (χ4v) is 2.42. The molecule has 0 aromatic heterocycles. The number of ketones is 1. The van der Waals surface area contributed by atoms with E-state index < -0.39 is 5.91 Å². The number of hydrogen-bond donors (Lipinski definition) is 2. The minimum Gasteiger partial charge on any atom is -0.326 e. The van der Waals surface area contributed by atoms with E-state index in [9.17, 15) is 14.4 Å². The van der Waals surface area contributed by atoms with Gasteiger partial charge in [0.25, 0.3) is 0 Å². The van der Waals surface area contributed by atoms with Crippen LogP contribution in [0.2, 0.25) is 0 Å². The van der Waals surface area contributed by atoms with Crippen LogP contribution in [-0.4, -0.2) is 17.6 Å². The van der Waals surface area contributed by atoms with E-state index in [4.69, 9.17) is 0 Å². The number of rotatable bonds is 5. The van der Waals surface area contributed by atoms with E-state index in [0.29, 0.717) is 16.9 Å². The Hall–Kier alpha value is -2.95. The van der Waals surface area contributed by atoms with Crippen LogP contribution in [0, 0.1) is 13.8 Å². The Morgan fingerprint density at radius 1 is 0.833 bits per heavy atom. The fraction of sp³-hybridized carbons (Fsp3) is 0.211. The maximum atomic E-state index is 12.0. The van der Waals surface area contributed by atoms with Crippen LogP contribution in [0.25, 0.3) is 0 Å². The van der Waals surface area contributed by atoms with Crippen molar-refractivity contribution in [1.29, 1.82) is 0 Å². The molecule has 2 rings (SSSR count). The van der Waals surface area contributed by atoms with Crippen molar-refractivity contribution in [2.45, 2.75) is 27.2 Å². The Kier molecular flexibility index (Phi) is 5.47. The molecule has 5 nitrogen and oxygen atoms in total. The number of amides is 2. The van der Waals surface area contributed by atoms with Crippen LogP contribution >= 0.6 is 0 Å². The summed E-state index contributed by atoms with van der Waals surface area (Å²) in [6, 6.07) is 12.3. The number of carbonyl (C=O) groups excluding carboxylic acids is 3. The smallest absolute Gasteiger partial charge is 0.233 e. The van der Waals surface area contributed by atoms with Gasteiger partial charge in [-0.3, -0.25) is 14.4 Å². The molecule has 0 fully saturated rings. The van der Waals surface area contributed by atoms with E-state index in [1.807, 2.05) is 32.0 Å². The van der Waals surface area contributed by atoms with Crippen molar-refractivity contribution in [2.24, 2.45) is 0 Å². The Morgan fingerprint density at radius 2 is 1.42 bits per heavy atom. The molecule has 0 atom stereocenters. The van der Waals surface area contributed by atoms with Gasteiger partial charge in [-0.25, -0.2) is 0 Å². The van der Waals surface area contributed by atoms with Crippen molar-refractivity contribution in [2.75, 3.05) is 10.6 Å². The molecule has 2 aromatic rings. The topological polar surface area (TPSA) is 75.3 Å². The first-order valence-corrected chi connectivity index (χ1v) is 7.62. The Bertz CT molecular complexity index is 777. The lowest BCUT2D eigenvalue weighted by molar-refractivity contribution is -0.123. The molecule has 24 heavy (non-hydrogen) atoms. The highest BCUT2D eigenvalue weighted by Crippen LogP contribution is 2.15. The third kappa shape index (κ3) is 5.05. The van der Waals surface area contributed by atoms with Crippen molar-refractivity contribution >= 4 is 29.0 Å². The highest BCUT2D eigenvalue weighted by Gasteiger charge is 2.11. The summed E-state index contributed by atoms with van der Waals surface area (Å²) in [6.45, 7) is 5.34. The van der Waals surface area contributed by atoms with Gasteiger partial charge >= 0.3 is 0 Å². The Balaban J connectivity index is 1.95. The molecule has 5 heteroatoms. The molecule has 0 spiro atoms. The largest absolute Gasteiger partial charge is 0.326 e. The number of nitrogens with one attached hydrogen (secondary N) is 2. The zero-order chi connectivity index (χ0) is 17.7. The summed E-state index contributed by atoms with van der Waals surface area (Å²) in [5.41, 5.74) is 3.75. The SMILES string of the molecule is CC(=O)c1cccc(NC(=O)CC(=O)Nc2cc(C)cc(C)c2)c1. The first kappa shape index (κ1) is 17.4. The molecule has 0 saturated heterocycles. The van der Waals surface area contributed by atoms with Gasteiger partial charge in [0.2, 0.25) is 11.8 Å². The van der Waals surface area contributed by atoms with Crippen molar-refractivity contribution < 1.29 is 14.4 Å². The lowest BCUT2D eigenvalue weighted by Crippen LogP contribution is -2.21. The van der Waals surface area contributed by atoms with Crippen LogP contribution in [0.4, 0.5) is 11.4 Å². The third-order valence-electron chi connectivity index (χ3n) is 3.38. The van der Waals surface area contributed by atoms with Gasteiger partial charge in [-0.05, 0) is 56.2 Å². The lowest BCUT2D eigenvalue weighted by atomic mass is 10.1. The molecule has 2 aromatic carbocycles. The molecule has 0 aliphatic carbocycles. The van der Waals surface area contributed by atoms with Crippen molar-refractivity contribution in [3.63, 3.8) is 0 Å². The molecule has 0 radical (unpaired) electrons. The number of Topliss-reactive ketones (excluding diaryl/α,β-unsaturated/α-hetero) is 1. The average molecular weight is 324 g/mol. The number of aryl methyl sites for hydroxylation is 2. The zero-order valence-corrected chi connectivity index (χ0v) is 14.0. The maximum absolute atomic E-state index is 12.0. The van der Waals surface area contributed by atoms with E-state index in [2.05, 4.69) is 10.6 Å². The van der Waals surface area contributed by atoms with Gasteiger partial charge in [-0.1, -0.05) is 18.2 Å². The summed E-state index contributed by atoms with van der Waals surface area (Å²) < 4.78 is 0. The number of hydrogen-bond acceptors (Lipinski definition) is 3. The molecular formula is C19H20N2O3. The van der Waals surface area contributed by atoms with E-state index in [1.54, 1.807) is 24.3 Å². The number of anilines is 2. The summed E-state index contributed by atoms with van der Waals surface area (Å²) in [4.78, 5) is 35.3. The van der Waals surface area contributed by atoms with Crippen molar-refractivity contribution in [3.8, 4) is 0 Å². The summed E-state index contributed by atoms with van der Waals surface area (Å²) >= 11 is 0. The molecular weight excluding hydrogens is 304 g/mol. The zero-order valence-electron chi connectivity index (χ0n) is 14.0. The second-order valence-corrected chi connectivity index (χ2v) is 5.79. The third-order valence-corrected chi connectivity index (χ3v) is 3.38. The van der Waals surface area contributed by atoms with E-state index in [-0.39, 0.29) is 18.1 Å². The second-order valence-electron chi connectivity index (χ2n) is 5.79. The molecule has 0 bridgehead atoms. The average Bonchev–Trinajstić information content (AvgIpc) is 2.45. The van der Waals surface area contributed by atoms with Gasteiger partial charge < -0.3 is 10.6 Å². The predicted octanol–water partition coefficient (Wildman–Crippen LogP) is 3.47. The Morgan fingerprint density at radius 3 is 2.00 bits per heavy atom. The van der Waals surface area contributed by atoms with Crippen LogP contribution in [0.1, 0.15) is 34.8 Å². The van der Waals surface area contributed by atoms with E-state index >= 15 is 0 Å². The summed E-state index contributed by atoms with van der Waals surface area (Å²) in [5.74, 6) is -0.906. The van der Waals surface area contributed by atoms with Gasteiger partial charge in [0.1, 0.15) is 6.42 Å².